The van der Waals surface area contributed by atoms with Gasteiger partial charge in [0.05, 0.1) is 4.90 Å². The highest BCUT2D eigenvalue weighted by atomic mass is 79.9. The number of sulfonamides is 1. The largest absolute Gasteiger partial charge is 0.399 e. The molecule has 0 fully saturated rings. The Balaban J connectivity index is 2.42. The maximum Gasteiger partial charge on any atom is 0.238 e. The standard InChI is InChI=1S/C12H11BrN2O2S2/c13-11-3-1-2-4-12(11)18-9-5-8(14)6-10(7-9)19(15,16)17/h1-7H,14H2,(H2,15,16,17). The van der Waals surface area contributed by atoms with Crippen LogP contribution in [0.4, 0.5) is 5.69 Å². The molecule has 19 heavy (non-hydrogen) atoms. The van der Waals surface area contributed by atoms with E-state index in [1.54, 1.807) is 6.07 Å². The fraction of sp³-hybridized carbons (Fsp3) is 0. The summed E-state index contributed by atoms with van der Waals surface area (Å²) in [6.45, 7) is 0. The van der Waals surface area contributed by atoms with Crippen molar-refractivity contribution in [1.82, 2.24) is 0 Å². The summed E-state index contributed by atoms with van der Waals surface area (Å²) < 4.78 is 23.7. The number of rotatable bonds is 3. The minimum Gasteiger partial charge on any atom is -0.399 e. The zero-order valence-electron chi connectivity index (χ0n) is 9.71. The molecule has 0 spiro atoms. The van der Waals surface area contributed by atoms with Gasteiger partial charge >= 0.3 is 0 Å². The Labute approximate surface area is 124 Å². The lowest BCUT2D eigenvalue weighted by molar-refractivity contribution is 0.597. The molecule has 7 heteroatoms. The smallest absolute Gasteiger partial charge is 0.238 e. The van der Waals surface area contributed by atoms with Gasteiger partial charge in [0.25, 0.3) is 0 Å². The van der Waals surface area contributed by atoms with Crippen LogP contribution in [-0.2, 0) is 10.0 Å². The van der Waals surface area contributed by atoms with Gasteiger partial charge in [-0.05, 0) is 46.3 Å². The first-order valence-corrected chi connectivity index (χ1v) is 8.37. The number of benzene rings is 2. The molecule has 0 aliphatic heterocycles. The molecule has 0 saturated carbocycles. The van der Waals surface area contributed by atoms with Gasteiger partial charge in [-0.15, -0.1) is 0 Å². The predicted molar refractivity (Wildman–Crippen MR) is 80.5 cm³/mol. The lowest BCUT2D eigenvalue weighted by Crippen LogP contribution is -2.12. The van der Waals surface area contributed by atoms with Crippen LogP contribution in [0.2, 0.25) is 0 Å². The fourth-order valence-electron chi connectivity index (χ4n) is 1.47. The van der Waals surface area contributed by atoms with Crippen LogP contribution in [0.1, 0.15) is 0 Å². The van der Waals surface area contributed by atoms with Crippen molar-refractivity contribution in [2.24, 2.45) is 5.14 Å². The monoisotopic (exact) mass is 358 g/mol. The van der Waals surface area contributed by atoms with Gasteiger partial charge in [-0.25, -0.2) is 13.6 Å². The number of primary sulfonamides is 1. The van der Waals surface area contributed by atoms with E-state index in [1.165, 1.54) is 23.9 Å². The summed E-state index contributed by atoms with van der Waals surface area (Å²) >= 11 is 4.85. The highest BCUT2D eigenvalue weighted by molar-refractivity contribution is 9.10. The van der Waals surface area contributed by atoms with Gasteiger partial charge in [-0.1, -0.05) is 23.9 Å². The van der Waals surface area contributed by atoms with Crippen LogP contribution >= 0.6 is 27.7 Å². The van der Waals surface area contributed by atoms with Crippen molar-refractivity contribution < 1.29 is 8.42 Å². The number of hydrogen-bond donors (Lipinski definition) is 2. The van der Waals surface area contributed by atoms with Crippen molar-refractivity contribution in [3.8, 4) is 0 Å². The molecule has 0 amide bonds. The van der Waals surface area contributed by atoms with Gasteiger partial charge in [0.1, 0.15) is 0 Å². The van der Waals surface area contributed by atoms with E-state index in [1.807, 2.05) is 24.3 Å². The van der Waals surface area contributed by atoms with Crippen LogP contribution in [0.3, 0.4) is 0 Å². The van der Waals surface area contributed by atoms with Gasteiger partial charge in [0, 0.05) is 20.0 Å². The minimum absolute atomic E-state index is 0.0158. The third kappa shape index (κ3) is 3.73. The topological polar surface area (TPSA) is 86.2 Å². The number of anilines is 1. The molecule has 0 saturated heterocycles. The lowest BCUT2D eigenvalue weighted by atomic mass is 10.3. The molecule has 100 valence electrons. The van der Waals surface area contributed by atoms with Crippen LogP contribution in [0.5, 0.6) is 0 Å². The van der Waals surface area contributed by atoms with Crippen molar-refractivity contribution >= 4 is 43.4 Å². The van der Waals surface area contributed by atoms with Gasteiger partial charge < -0.3 is 5.73 Å². The molecule has 0 atom stereocenters. The highest BCUT2D eigenvalue weighted by Crippen LogP contribution is 2.35. The Hall–Kier alpha value is -1.02. The summed E-state index contributed by atoms with van der Waals surface area (Å²) in [6.07, 6.45) is 0. The van der Waals surface area contributed by atoms with Crippen molar-refractivity contribution in [2.75, 3.05) is 5.73 Å². The molecule has 2 rings (SSSR count). The number of halogens is 1. The molecule has 0 unspecified atom stereocenters. The van der Waals surface area contributed by atoms with Crippen LogP contribution in [0.15, 0.2) is 61.6 Å². The Morgan fingerprint density at radius 1 is 1.11 bits per heavy atom. The second kappa shape index (κ2) is 5.54. The molecule has 0 heterocycles. The van der Waals surface area contributed by atoms with Crippen LogP contribution in [-0.4, -0.2) is 8.42 Å². The normalized spacial score (nSPS) is 11.5. The summed E-state index contributed by atoms with van der Waals surface area (Å²) in [7, 11) is -3.76. The fourth-order valence-corrected chi connectivity index (χ4v) is 3.61. The predicted octanol–water partition coefficient (Wildman–Crippen LogP) is 2.83. The van der Waals surface area contributed by atoms with Crippen molar-refractivity contribution in [3.63, 3.8) is 0 Å². The zero-order valence-corrected chi connectivity index (χ0v) is 12.9. The van der Waals surface area contributed by atoms with Crippen LogP contribution in [0, 0.1) is 0 Å². The molecule has 2 aromatic rings. The molecular weight excluding hydrogens is 348 g/mol. The van der Waals surface area contributed by atoms with Gasteiger partial charge in [0.2, 0.25) is 10.0 Å². The van der Waals surface area contributed by atoms with Gasteiger partial charge in [-0.2, -0.15) is 0 Å². The molecule has 4 N–H and O–H groups in total. The van der Waals surface area contributed by atoms with E-state index in [2.05, 4.69) is 15.9 Å². The third-order valence-electron chi connectivity index (χ3n) is 2.30. The molecule has 0 aromatic heterocycles. The molecular formula is C12H11BrN2O2S2. The Kier molecular flexibility index (Phi) is 4.19. The lowest BCUT2D eigenvalue weighted by Gasteiger charge is -2.07. The summed E-state index contributed by atoms with van der Waals surface area (Å²) in [5, 5.41) is 5.12. The third-order valence-corrected chi connectivity index (χ3v) is 5.19. The first-order valence-electron chi connectivity index (χ1n) is 5.22. The molecule has 0 aliphatic carbocycles. The maximum atomic E-state index is 11.4. The van der Waals surface area contributed by atoms with Gasteiger partial charge in [0.15, 0.2) is 0 Å². The minimum atomic E-state index is -3.76. The first kappa shape index (κ1) is 14.4. The van der Waals surface area contributed by atoms with E-state index < -0.39 is 10.0 Å². The number of nitrogen functional groups attached to an aromatic ring is 1. The Morgan fingerprint density at radius 2 is 1.79 bits per heavy atom. The first-order chi connectivity index (χ1) is 8.86. The maximum absolute atomic E-state index is 11.4. The molecule has 4 nitrogen and oxygen atoms in total. The zero-order chi connectivity index (χ0) is 14.0. The average molecular weight is 359 g/mol. The Morgan fingerprint density at radius 3 is 2.42 bits per heavy atom. The number of nitrogens with two attached hydrogens (primary N) is 2. The van der Waals surface area contributed by atoms with E-state index >= 15 is 0 Å². The van der Waals surface area contributed by atoms with Crippen molar-refractivity contribution in [3.05, 3.63) is 46.9 Å². The second-order valence-corrected chi connectivity index (χ2v) is 7.35. The van der Waals surface area contributed by atoms with E-state index in [9.17, 15) is 8.42 Å². The summed E-state index contributed by atoms with van der Waals surface area (Å²) in [5.41, 5.74) is 6.06. The summed E-state index contributed by atoms with van der Waals surface area (Å²) in [5.74, 6) is 0. The Bertz CT molecular complexity index is 717. The molecule has 2 aromatic carbocycles. The molecule has 0 aliphatic rings. The van der Waals surface area contributed by atoms with Gasteiger partial charge in [-0.3, -0.25) is 0 Å². The van der Waals surface area contributed by atoms with Crippen molar-refractivity contribution in [2.45, 2.75) is 14.7 Å². The quantitative estimate of drug-likeness (QED) is 0.825. The average Bonchev–Trinajstić information content (AvgIpc) is 2.30. The highest BCUT2D eigenvalue weighted by Gasteiger charge is 2.11. The molecule has 0 bridgehead atoms. The van der Waals surface area contributed by atoms with E-state index in [4.69, 9.17) is 10.9 Å². The van der Waals surface area contributed by atoms with Crippen LogP contribution in [0.25, 0.3) is 0 Å². The number of hydrogen-bond acceptors (Lipinski definition) is 4. The summed E-state index contributed by atoms with van der Waals surface area (Å²) in [6, 6.07) is 12.2. The van der Waals surface area contributed by atoms with E-state index in [0.29, 0.717) is 5.69 Å². The van der Waals surface area contributed by atoms with Crippen molar-refractivity contribution in [1.29, 1.82) is 0 Å². The SMILES string of the molecule is Nc1cc(Sc2ccccc2Br)cc(S(N)(=O)=O)c1. The van der Waals surface area contributed by atoms with E-state index in [0.717, 1.165) is 14.3 Å². The molecule has 0 radical (unpaired) electrons. The van der Waals surface area contributed by atoms with Crippen LogP contribution < -0.4 is 10.9 Å². The van der Waals surface area contributed by atoms with E-state index in [-0.39, 0.29) is 4.90 Å². The second-order valence-electron chi connectivity index (χ2n) is 3.82. The summed E-state index contributed by atoms with van der Waals surface area (Å²) in [4.78, 5) is 1.70.